The summed E-state index contributed by atoms with van der Waals surface area (Å²) in [6.07, 6.45) is 1.35. The Kier molecular flexibility index (Phi) is 5.86. The van der Waals surface area contributed by atoms with Crippen molar-refractivity contribution in [2.24, 2.45) is 0 Å². The van der Waals surface area contributed by atoms with Crippen molar-refractivity contribution in [3.8, 4) is 6.07 Å². The molecule has 0 bridgehead atoms. The number of benzene rings is 1. The number of carbonyl (C=O) groups excluding carboxylic acids is 2. The van der Waals surface area contributed by atoms with Crippen molar-refractivity contribution in [2.75, 3.05) is 19.6 Å². The van der Waals surface area contributed by atoms with Crippen LogP contribution in [-0.4, -0.2) is 47.3 Å². The number of likely N-dealkylation sites (N-methyl/N-ethyl adjacent to an activating group) is 1. The van der Waals surface area contributed by atoms with Crippen LogP contribution >= 0.6 is 23.2 Å². The lowest BCUT2D eigenvalue weighted by atomic mass is 10.1. The highest BCUT2D eigenvalue weighted by Crippen LogP contribution is 2.25. The van der Waals surface area contributed by atoms with Crippen molar-refractivity contribution in [1.82, 2.24) is 9.80 Å². The average Bonchev–Trinajstić information content (AvgIpc) is 2.99. The molecule has 23 heavy (non-hydrogen) atoms. The fourth-order valence-corrected chi connectivity index (χ4v) is 3.28. The molecule has 1 heterocycles. The third-order valence-electron chi connectivity index (χ3n) is 3.86. The predicted molar refractivity (Wildman–Crippen MR) is 88.4 cm³/mol. The van der Waals surface area contributed by atoms with E-state index in [1.54, 1.807) is 23.1 Å². The number of hydrogen-bond donors (Lipinski definition) is 0. The van der Waals surface area contributed by atoms with Crippen LogP contribution in [0.15, 0.2) is 18.2 Å². The van der Waals surface area contributed by atoms with E-state index in [0.717, 1.165) is 6.42 Å². The third-order valence-corrected chi connectivity index (χ3v) is 4.30. The topological polar surface area (TPSA) is 64.4 Å². The van der Waals surface area contributed by atoms with E-state index in [-0.39, 0.29) is 18.4 Å². The highest BCUT2D eigenvalue weighted by Gasteiger charge is 2.36. The Bertz CT molecular complexity index is 637. The van der Waals surface area contributed by atoms with Crippen molar-refractivity contribution < 1.29 is 9.59 Å². The Morgan fingerprint density at radius 1 is 1.35 bits per heavy atom. The first-order valence-electron chi connectivity index (χ1n) is 7.40. The minimum absolute atomic E-state index is 0.0247. The number of halogens is 2. The molecule has 1 fully saturated rings. The van der Waals surface area contributed by atoms with Crippen LogP contribution in [0.5, 0.6) is 0 Å². The van der Waals surface area contributed by atoms with Gasteiger partial charge in [-0.05, 0) is 38.0 Å². The molecule has 1 saturated heterocycles. The number of nitriles is 1. The van der Waals surface area contributed by atoms with E-state index in [4.69, 9.17) is 28.5 Å². The third kappa shape index (κ3) is 3.95. The van der Waals surface area contributed by atoms with Crippen LogP contribution in [0.4, 0.5) is 0 Å². The van der Waals surface area contributed by atoms with Crippen LogP contribution < -0.4 is 0 Å². The smallest absolute Gasteiger partial charge is 0.254 e. The zero-order valence-corrected chi connectivity index (χ0v) is 14.3. The lowest BCUT2D eigenvalue weighted by molar-refractivity contribution is -0.134. The van der Waals surface area contributed by atoms with E-state index >= 15 is 0 Å². The van der Waals surface area contributed by atoms with Crippen molar-refractivity contribution >= 4 is 35.0 Å². The lowest BCUT2D eigenvalue weighted by Gasteiger charge is -2.28. The molecule has 2 rings (SSSR count). The van der Waals surface area contributed by atoms with Crippen LogP contribution in [0.25, 0.3) is 0 Å². The van der Waals surface area contributed by atoms with E-state index in [0.29, 0.717) is 35.1 Å². The van der Waals surface area contributed by atoms with Gasteiger partial charge in [-0.25, -0.2) is 0 Å². The summed E-state index contributed by atoms with van der Waals surface area (Å²) in [4.78, 5) is 28.3. The molecule has 1 atom stereocenters. The van der Waals surface area contributed by atoms with Gasteiger partial charge in [-0.15, -0.1) is 0 Å². The Labute approximate surface area is 145 Å². The van der Waals surface area contributed by atoms with Crippen LogP contribution in [0.2, 0.25) is 10.0 Å². The molecule has 0 N–H and O–H groups in total. The lowest BCUT2D eigenvalue weighted by Crippen LogP contribution is -2.47. The molecule has 1 aliphatic rings. The average molecular weight is 354 g/mol. The molecular formula is C16H17Cl2N3O2. The first-order chi connectivity index (χ1) is 11.0. The first-order valence-corrected chi connectivity index (χ1v) is 8.16. The molecule has 1 aromatic rings. The van der Waals surface area contributed by atoms with Gasteiger partial charge in [0.1, 0.15) is 12.6 Å². The van der Waals surface area contributed by atoms with Gasteiger partial charge in [-0.2, -0.15) is 5.26 Å². The van der Waals surface area contributed by atoms with Gasteiger partial charge in [0.25, 0.3) is 5.91 Å². The van der Waals surface area contributed by atoms with Crippen LogP contribution in [0.3, 0.4) is 0 Å². The van der Waals surface area contributed by atoms with Crippen LogP contribution in [0.1, 0.15) is 30.1 Å². The quantitative estimate of drug-likeness (QED) is 0.781. The second-order valence-corrected chi connectivity index (χ2v) is 6.20. The molecule has 1 unspecified atom stereocenters. The summed E-state index contributed by atoms with van der Waals surface area (Å²) in [6, 6.07) is 6.09. The summed E-state index contributed by atoms with van der Waals surface area (Å²) < 4.78 is 0. The molecule has 0 radical (unpaired) electrons. The summed E-state index contributed by atoms with van der Waals surface area (Å²) in [7, 11) is 0. The zero-order valence-electron chi connectivity index (χ0n) is 12.8. The summed E-state index contributed by atoms with van der Waals surface area (Å²) in [5.74, 6) is -0.453. The second kappa shape index (κ2) is 7.67. The molecule has 5 nitrogen and oxygen atoms in total. The van der Waals surface area contributed by atoms with Crippen LogP contribution in [-0.2, 0) is 4.79 Å². The molecule has 2 amide bonds. The number of carbonyl (C=O) groups is 2. The summed E-state index contributed by atoms with van der Waals surface area (Å²) in [6.45, 7) is 2.78. The summed E-state index contributed by atoms with van der Waals surface area (Å²) in [5.41, 5.74) is 0.366. The highest BCUT2D eigenvalue weighted by atomic mass is 35.5. The Morgan fingerprint density at radius 3 is 2.57 bits per heavy atom. The van der Waals surface area contributed by atoms with Crippen molar-refractivity contribution in [3.63, 3.8) is 0 Å². The zero-order chi connectivity index (χ0) is 17.0. The monoisotopic (exact) mass is 353 g/mol. The van der Waals surface area contributed by atoms with Crippen LogP contribution in [0, 0.1) is 11.3 Å². The van der Waals surface area contributed by atoms with Crippen molar-refractivity contribution in [3.05, 3.63) is 33.8 Å². The summed E-state index contributed by atoms with van der Waals surface area (Å²) in [5, 5.41) is 9.57. The molecular weight excluding hydrogens is 337 g/mol. The number of likely N-dealkylation sites (tertiary alicyclic amines) is 1. The SMILES string of the molecule is CCN(CC#N)C(=O)C1CCCN1C(=O)c1cc(Cl)cc(Cl)c1. The Morgan fingerprint density at radius 2 is 2.00 bits per heavy atom. The predicted octanol–water partition coefficient (Wildman–Crippen LogP) is 2.97. The van der Waals surface area contributed by atoms with Gasteiger partial charge in [-0.3, -0.25) is 9.59 Å². The molecule has 0 aliphatic carbocycles. The fraction of sp³-hybridized carbons (Fsp3) is 0.438. The van der Waals surface area contributed by atoms with Crippen molar-refractivity contribution in [1.29, 1.82) is 5.26 Å². The minimum Gasteiger partial charge on any atom is -0.328 e. The minimum atomic E-state index is -0.534. The summed E-state index contributed by atoms with van der Waals surface area (Å²) >= 11 is 11.9. The van der Waals surface area contributed by atoms with E-state index < -0.39 is 6.04 Å². The Hall–Kier alpha value is -1.77. The maximum Gasteiger partial charge on any atom is 0.254 e. The molecule has 1 aliphatic heterocycles. The molecule has 122 valence electrons. The van der Waals surface area contributed by atoms with Crippen molar-refractivity contribution in [2.45, 2.75) is 25.8 Å². The normalized spacial score (nSPS) is 17.0. The molecule has 0 saturated carbocycles. The standard InChI is InChI=1S/C16H17Cl2N3O2/c1-2-20(7-5-19)16(23)14-4-3-6-21(14)15(22)11-8-12(17)10-13(18)9-11/h8-10,14H,2-4,6-7H2,1H3. The molecule has 7 heteroatoms. The van der Waals surface area contributed by atoms with Gasteiger partial charge in [0.15, 0.2) is 0 Å². The maximum absolute atomic E-state index is 12.7. The fourth-order valence-electron chi connectivity index (χ4n) is 2.75. The number of rotatable bonds is 4. The largest absolute Gasteiger partial charge is 0.328 e. The molecule has 0 spiro atoms. The second-order valence-electron chi connectivity index (χ2n) is 5.33. The van der Waals surface area contributed by atoms with Gasteiger partial charge in [0.2, 0.25) is 5.91 Å². The van der Waals surface area contributed by atoms with Gasteiger partial charge >= 0.3 is 0 Å². The van der Waals surface area contributed by atoms with E-state index in [1.807, 2.05) is 13.0 Å². The Balaban J connectivity index is 2.22. The van der Waals surface area contributed by atoms with E-state index in [2.05, 4.69) is 0 Å². The maximum atomic E-state index is 12.7. The molecule has 0 aromatic heterocycles. The highest BCUT2D eigenvalue weighted by molar-refractivity contribution is 6.35. The van der Waals surface area contributed by atoms with Gasteiger partial charge in [0.05, 0.1) is 6.07 Å². The first kappa shape index (κ1) is 17.6. The van der Waals surface area contributed by atoms with Gasteiger partial charge in [-0.1, -0.05) is 23.2 Å². The van der Waals surface area contributed by atoms with E-state index in [1.165, 1.54) is 4.90 Å². The number of nitrogens with zero attached hydrogens (tertiary/aromatic N) is 3. The van der Waals surface area contributed by atoms with Gasteiger partial charge < -0.3 is 9.80 Å². The molecule has 1 aromatic carbocycles. The van der Waals surface area contributed by atoms with Gasteiger partial charge in [0, 0.05) is 28.7 Å². The number of amides is 2. The van der Waals surface area contributed by atoms with E-state index in [9.17, 15) is 9.59 Å². The number of hydrogen-bond acceptors (Lipinski definition) is 3.